The van der Waals surface area contributed by atoms with E-state index in [1.165, 1.54) is 6.07 Å². The number of hydrogen-bond donors (Lipinski definition) is 1. The first-order valence-corrected chi connectivity index (χ1v) is 5.86. The Labute approximate surface area is 112 Å². The number of rotatable bonds is 3. The second-order valence-corrected chi connectivity index (χ2v) is 3.98. The molecule has 0 radical (unpaired) electrons. The summed E-state index contributed by atoms with van der Waals surface area (Å²) in [6.07, 6.45) is 0. The maximum atomic E-state index is 13.5. The molecule has 100 valence electrons. The first-order valence-electron chi connectivity index (χ1n) is 5.48. The molecule has 1 aromatic carbocycles. The van der Waals surface area contributed by atoms with Gasteiger partial charge in [0, 0.05) is 0 Å². The molecule has 19 heavy (non-hydrogen) atoms. The molecule has 2 rings (SSSR count). The predicted molar refractivity (Wildman–Crippen MR) is 68.8 cm³/mol. The van der Waals surface area contributed by atoms with Crippen LogP contribution >= 0.6 is 11.6 Å². The highest BCUT2D eigenvalue weighted by Gasteiger charge is 2.16. The highest BCUT2D eigenvalue weighted by atomic mass is 35.5. The van der Waals surface area contributed by atoms with Gasteiger partial charge in [0.15, 0.2) is 5.15 Å². The number of H-pyrrole nitrogens is 1. The molecule has 0 atom stereocenters. The average Bonchev–Trinajstić information content (AvgIpc) is 2.38. The summed E-state index contributed by atoms with van der Waals surface area (Å²) in [5, 5.41) is -0.611. The first-order chi connectivity index (χ1) is 9.06. The van der Waals surface area contributed by atoms with E-state index in [-0.39, 0.29) is 5.69 Å². The molecule has 0 saturated heterocycles. The summed E-state index contributed by atoms with van der Waals surface area (Å²) in [5.41, 5.74) is -1.80. The zero-order valence-corrected chi connectivity index (χ0v) is 10.7. The lowest BCUT2D eigenvalue weighted by Gasteiger charge is -2.11. The summed E-state index contributed by atoms with van der Waals surface area (Å²) < 4.78 is 19.4. The third kappa shape index (κ3) is 2.39. The van der Waals surface area contributed by atoms with E-state index in [9.17, 15) is 14.0 Å². The van der Waals surface area contributed by atoms with Gasteiger partial charge < -0.3 is 4.74 Å². The Morgan fingerprint density at radius 1 is 1.37 bits per heavy atom. The number of benzene rings is 1. The molecular formula is C12H10ClFN2O3. The van der Waals surface area contributed by atoms with Crippen molar-refractivity contribution in [2.75, 3.05) is 6.61 Å². The molecule has 7 heteroatoms. The molecule has 1 heterocycles. The first kappa shape index (κ1) is 13.4. The van der Waals surface area contributed by atoms with Crippen LogP contribution in [-0.2, 0) is 0 Å². The van der Waals surface area contributed by atoms with Crippen LogP contribution in [0.15, 0.2) is 33.9 Å². The third-order valence-electron chi connectivity index (χ3n) is 2.41. The van der Waals surface area contributed by atoms with Crippen LogP contribution in [-0.4, -0.2) is 16.2 Å². The Morgan fingerprint density at radius 3 is 2.74 bits per heavy atom. The molecule has 0 aliphatic carbocycles. The number of halogens is 2. The molecule has 1 aromatic heterocycles. The number of para-hydroxylation sites is 2. The second-order valence-electron chi connectivity index (χ2n) is 3.60. The van der Waals surface area contributed by atoms with Crippen molar-refractivity contribution >= 4 is 11.6 Å². The molecule has 0 fully saturated rings. The van der Waals surface area contributed by atoms with E-state index in [1.807, 2.05) is 0 Å². The maximum absolute atomic E-state index is 13.5. The lowest BCUT2D eigenvalue weighted by atomic mass is 10.3. The van der Waals surface area contributed by atoms with E-state index >= 15 is 0 Å². The monoisotopic (exact) mass is 284 g/mol. The van der Waals surface area contributed by atoms with Gasteiger partial charge in [0.25, 0.3) is 5.56 Å². The fourth-order valence-corrected chi connectivity index (χ4v) is 1.79. The van der Waals surface area contributed by atoms with Crippen LogP contribution in [0.2, 0.25) is 5.15 Å². The number of nitrogens with one attached hydrogen (secondary N) is 1. The van der Waals surface area contributed by atoms with Crippen LogP contribution < -0.4 is 16.0 Å². The van der Waals surface area contributed by atoms with E-state index < -0.39 is 22.2 Å². The molecule has 0 amide bonds. The molecule has 2 aromatic rings. The molecule has 0 bridgehead atoms. The summed E-state index contributed by atoms with van der Waals surface area (Å²) in [4.78, 5) is 25.6. The molecule has 0 saturated carbocycles. The Hall–Kier alpha value is -2.08. The summed E-state index contributed by atoms with van der Waals surface area (Å²) in [5.74, 6) is -0.910. The minimum atomic E-state index is -1.22. The smallest absolute Gasteiger partial charge is 0.334 e. The maximum Gasteiger partial charge on any atom is 0.334 e. The number of nitrogens with zero attached hydrogens (tertiary/aromatic N) is 1. The van der Waals surface area contributed by atoms with Crippen molar-refractivity contribution in [3.05, 3.63) is 56.1 Å². The number of ether oxygens (including phenoxy) is 1. The third-order valence-corrected chi connectivity index (χ3v) is 2.67. The van der Waals surface area contributed by atoms with Gasteiger partial charge in [0.1, 0.15) is 5.75 Å². The topological polar surface area (TPSA) is 64.1 Å². The van der Waals surface area contributed by atoms with Gasteiger partial charge in [-0.3, -0.25) is 9.78 Å². The zero-order valence-electron chi connectivity index (χ0n) is 9.94. The summed E-state index contributed by atoms with van der Waals surface area (Å²) in [7, 11) is 0. The van der Waals surface area contributed by atoms with Gasteiger partial charge in [-0.25, -0.2) is 9.36 Å². The molecule has 0 aliphatic rings. The van der Waals surface area contributed by atoms with Crippen LogP contribution in [0.3, 0.4) is 0 Å². The van der Waals surface area contributed by atoms with E-state index in [4.69, 9.17) is 16.3 Å². The van der Waals surface area contributed by atoms with E-state index in [1.54, 1.807) is 25.1 Å². The molecular weight excluding hydrogens is 275 g/mol. The Morgan fingerprint density at radius 2 is 2.05 bits per heavy atom. The lowest BCUT2D eigenvalue weighted by Crippen LogP contribution is -2.36. The van der Waals surface area contributed by atoms with Crippen LogP contribution in [0.5, 0.6) is 5.75 Å². The lowest BCUT2D eigenvalue weighted by molar-refractivity contribution is 0.338. The van der Waals surface area contributed by atoms with Gasteiger partial charge in [0.05, 0.1) is 12.3 Å². The van der Waals surface area contributed by atoms with Gasteiger partial charge in [0.2, 0.25) is 5.82 Å². The van der Waals surface area contributed by atoms with Crippen molar-refractivity contribution in [1.82, 2.24) is 9.55 Å². The van der Waals surface area contributed by atoms with Crippen LogP contribution in [0.1, 0.15) is 6.92 Å². The van der Waals surface area contributed by atoms with E-state index in [0.29, 0.717) is 16.9 Å². The van der Waals surface area contributed by atoms with Crippen LogP contribution in [0.4, 0.5) is 4.39 Å². The molecule has 0 aliphatic heterocycles. The van der Waals surface area contributed by atoms with Crippen LogP contribution in [0.25, 0.3) is 5.69 Å². The summed E-state index contributed by atoms with van der Waals surface area (Å²) in [6, 6.07) is 6.35. The molecule has 1 N–H and O–H groups in total. The fraction of sp³-hybridized carbons (Fsp3) is 0.167. The number of aromatic nitrogens is 2. The second kappa shape index (κ2) is 5.27. The number of hydrogen-bond acceptors (Lipinski definition) is 3. The van der Waals surface area contributed by atoms with Crippen LogP contribution in [0, 0.1) is 5.82 Å². The normalized spacial score (nSPS) is 10.5. The standard InChI is InChI=1S/C12H10ClFN2O3/c1-2-19-8-6-4-3-5-7(8)16-11(17)9(14)10(13)15-12(16)18/h3-6H,2H2,1H3,(H,15,18). The fourth-order valence-electron chi connectivity index (χ4n) is 1.63. The zero-order chi connectivity index (χ0) is 14.0. The predicted octanol–water partition coefficient (Wildman–Crippen LogP) is 1.72. The Kier molecular flexibility index (Phi) is 3.71. The van der Waals surface area contributed by atoms with Crippen molar-refractivity contribution in [3.8, 4) is 11.4 Å². The molecule has 0 unspecified atom stereocenters. The Bertz CT molecular complexity index is 724. The van der Waals surface area contributed by atoms with Crippen molar-refractivity contribution in [2.24, 2.45) is 0 Å². The quantitative estimate of drug-likeness (QED) is 0.873. The van der Waals surface area contributed by atoms with E-state index in [0.717, 1.165) is 0 Å². The van der Waals surface area contributed by atoms with Crippen molar-refractivity contribution in [1.29, 1.82) is 0 Å². The minimum Gasteiger partial charge on any atom is -0.492 e. The van der Waals surface area contributed by atoms with Gasteiger partial charge in [-0.15, -0.1) is 0 Å². The highest BCUT2D eigenvalue weighted by molar-refractivity contribution is 6.29. The molecule has 0 spiro atoms. The van der Waals surface area contributed by atoms with Gasteiger partial charge in [-0.05, 0) is 19.1 Å². The van der Waals surface area contributed by atoms with Gasteiger partial charge in [-0.1, -0.05) is 23.7 Å². The Balaban J connectivity index is 2.77. The van der Waals surface area contributed by atoms with Crippen molar-refractivity contribution in [3.63, 3.8) is 0 Å². The van der Waals surface area contributed by atoms with Gasteiger partial charge in [-0.2, -0.15) is 4.39 Å². The van der Waals surface area contributed by atoms with Crippen molar-refractivity contribution in [2.45, 2.75) is 6.92 Å². The average molecular weight is 285 g/mol. The SMILES string of the molecule is CCOc1ccccc1-n1c(=O)[nH]c(Cl)c(F)c1=O. The largest absolute Gasteiger partial charge is 0.492 e. The number of aromatic amines is 1. The highest BCUT2D eigenvalue weighted by Crippen LogP contribution is 2.20. The van der Waals surface area contributed by atoms with Gasteiger partial charge >= 0.3 is 5.69 Å². The minimum absolute atomic E-state index is 0.158. The van der Waals surface area contributed by atoms with E-state index in [2.05, 4.69) is 4.98 Å². The summed E-state index contributed by atoms with van der Waals surface area (Å²) in [6.45, 7) is 2.10. The van der Waals surface area contributed by atoms with Crippen molar-refractivity contribution < 1.29 is 9.13 Å². The summed E-state index contributed by atoms with van der Waals surface area (Å²) >= 11 is 5.40. The molecule has 5 nitrogen and oxygen atoms in total.